The lowest BCUT2D eigenvalue weighted by atomic mass is 10.2. The maximum Gasteiger partial charge on any atom is 0.573 e. The Bertz CT molecular complexity index is 598. The number of alkyl halides is 3. The van der Waals surface area contributed by atoms with E-state index in [1.807, 2.05) is 0 Å². The molecule has 1 aromatic carbocycles. The Morgan fingerprint density at radius 3 is 2.48 bits per heavy atom. The Balaban J connectivity index is 2.21. The molecular formula is C13H14F3N3O2. The summed E-state index contributed by atoms with van der Waals surface area (Å²) in [5.41, 5.74) is 6.28. The Labute approximate surface area is 119 Å². The topological polar surface area (TPSA) is 62.3 Å². The Morgan fingerprint density at radius 2 is 1.95 bits per heavy atom. The predicted molar refractivity (Wildman–Crippen MR) is 68.8 cm³/mol. The molecular weight excluding hydrogens is 287 g/mol. The summed E-state index contributed by atoms with van der Waals surface area (Å²) in [6.07, 6.45) is -2.17. The minimum absolute atomic E-state index is 0.0332. The van der Waals surface area contributed by atoms with Crippen molar-refractivity contribution >= 4 is 0 Å². The number of hydrogen-bond donors (Lipinski definition) is 1. The number of aromatic nitrogens is 2. The molecule has 0 fully saturated rings. The van der Waals surface area contributed by atoms with Crippen molar-refractivity contribution in [2.75, 3.05) is 6.54 Å². The molecule has 2 rings (SSSR count). The van der Waals surface area contributed by atoms with Gasteiger partial charge in [-0.05, 0) is 12.1 Å². The first-order valence-electron chi connectivity index (χ1n) is 6.09. The molecule has 21 heavy (non-hydrogen) atoms. The number of nitrogens with two attached hydrogens (primary N) is 1. The van der Waals surface area contributed by atoms with E-state index in [9.17, 15) is 13.2 Å². The summed E-state index contributed by atoms with van der Waals surface area (Å²) < 4.78 is 48.1. The molecule has 114 valence electrons. The molecule has 0 bridgehead atoms. The van der Waals surface area contributed by atoms with Crippen LogP contribution >= 0.6 is 0 Å². The largest absolute Gasteiger partial charge is 0.573 e. The number of para-hydroxylation sites is 2. The van der Waals surface area contributed by atoms with Gasteiger partial charge in [-0.25, -0.2) is 0 Å². The van der Waals surface area contributed by atoms with Gasteiger partial charge in [-0.3, -0.25) is 4.68 Å². The Kier molecular flexibility index (Phi) is 4.37. The molecule has 0 aliphatic carbocycles. The van der Waals surface area contributed by atoms with E-state index in [0.29, 0.717) is 5.56 Å². The predicted octanol–water partition coefficient (Wildman–Crippen LogP) is 2.40. The maximum absolute atomic E-state index is 12.4. The molecule has 1 heterocycles. The van der Waals surface area contributed by atoms with E-state index in [0.717, 1.165) is 0 Å². The zero-order valence-corrected chi connectivity index (χ0v) is 11.2. The van der Waals surface area contributed by atoms with Crippen molar-refractivity contribution in [3.05, 3.63) is 42.2 Å². The number of aryl methyl sites for hydroxylation is 1. The quantitative estimate of drug-likeness (QED) is 0.921. The van der Waals surface area contributed by atoms with Crippen LogP contribution in [0.3, 0.4) is 0 Å². The van der Waals surface area contributed by atoms with Crippen LogP contribution in [-0.2, 0) is 7.05 Å². The third-order valence-electron chi connectivity index (χ3n) is 2.65. The molecule has 0 aliphatic rings. The number of nitrogens with zero attached hydrogens (tertiary/aromatic N) is 2. The molecule has 0 saturated heterocycles. The van der Waals surface area contributed by atoms with Crippen LogP contribution in [-0.4, -0.2) is 22.7 Å². The summed E-state index contributed by atoms with van der Waals surface area (Å²) in [7, 11) is 1.72. The van der Waals surface area contributed by atoms with Crippen LogP contribution in [0, 0.1) is 0 Å². The van der Waals surface area contributed by atoms with Crippen LogP contribution in [0.25, 0.3) is 0 Å². The van der Waals surface area contributed by atoms with E-state index >= 15 is 0 Å². The lowest BCUT2D eigenvalue weighted by Crippen LogP contribution is -2.20. The van der Waals surface area contributed by atoms with E-state index in [-0.39, 0.29) is 12.3 Å². The van der Waals surface area contributed by atoms with Gasteiger partial charge in [0, 0.05) is 25.4 Å². The molecule has 2 aromatic rings. The number of benzene rings is 1. The minimum atomic E-state index is -4.79. The molecule has 8 heteroatoms. The average Bonchev–Trinajstić information content (AvgIpc) is 2.82. The summed E-state index contributed by atoms with van der Waals surface area (Å²) >= 11 is 0. The monoisotopic (exact) mass is 301 g/mol. The highest BCUT2D eigenvalue weighted by Gasteiger charge is 2.32. The summed E-state index contributed by atoms with van der Waals surface area (Å²) in [5, 5.41) is 3.98. The van der Waals surface area contributed by atoms with Gasteiger partial charge in [-0.15, -0.1) is 13.2 Å². The van der Waals surface area contributed by atoms with Gasteiger partial charge in [0.05, 0.1) is 6.20 Å². The van der Waals surface area contributed by atoms with E-state index in [1.165, 1.54) is 18.2 Å². The van der Waals surface area contributed by atoms with Gasteiger partial charge in [0.1, 0.15) is 6.10 Å². The van der Waals surface area contributed by atoms with Crippen LogP contribution in [0.15, 0.2) is 36.7 Å². The van der Waals surface area contributed by atoms with Gasteiger partial charge in [0.25, 0.3) is 0 Å². The van der Waals surface area contributed by atoms with Gasteiger partial charge in [-0.1, -0.05) is 12.1 Å². The molecule has 0 aliphatic heterocycles. The van der Waals surface area contributed by atoms with Crippen LogP contribution < -0.4 is 15.2 Å². The fourth-order valence-electron chi connectivity index (χ4n) is 1.77. The normalized spacial score (nSPS) is 13.0. The van der Waals surface area contributed by atoms with Gasteiger partial charge in [-0.2, -0.15) is 5.10 Å². The summed E-state index contributed by atoms with van der Waals surface area (Å²) in [4.78, 5) is 0. The standard InChI is InChI=1S/C13H14F3N3O2/c1-19-8-9(7-18-19)12(6-17)20-10-4-2-3-5-11(10)21-13(14,15)16/h2-5,7-8,12H,6,17H2,1H3. The zero-order valence-electron chi connectivity index (χ0n) is 11.2. The van der Waals surface area contributed by atoms with Crippen LogP contribution in [0.4, 0.5) is 13.2 Å². The van der Waals surface area contributed by atoms with E-state index < -0.39 is 18.2 Å². The fraction of sp³-hybridized carbons (Fsp3) is 0.308. The van der Waals surface area contributed by atoms with Crippen molar-refractivity contribution in [1.29, 1.82) is 0 Å². The molecule has 1 atom stereocenters. The maximum atomic E-state index is 12.4. The third-order valence-corrected chi connectivity index (χ3v) is 2.65. The fourth-order valence-corrected chi connectivity index (χ4v) is 1.77. The molecule has 0 radical (unpaired) electrons. The smallest absolute Gasteiger partial charge is 0.480 e. The summed E-state index contributed by atoms with van der Waals surface area (Å²) in [5.74, 6) is -0.443. The van der Waals surface area contributed by atoms with Gasteiger partial charge < -0.3 is 15.2 Å². The second-order valence-corrected chi connectivity index (χ2v) is 4.28. The third kappa shape index (κ3) is 4.12. The minimum Gasteiger partial charge on any atom is -0.480 e. The molecule has 1 unspecified atom stereocenters. The number of hydrogen-bond acceptors (Lipinski definition) is 4. The van der Waals surface area contributed by atoms with Gasteiger partial charge in [0.2, 0.25) is 0 Å². The van der Waals surface area contributed by atoms with Crippen LogP contribution in [0.2, 0.25) is 0 Å². The highest BCUT2D eigenvalue weighted by molar-refractivity contribution is 5.40. The molecule has 1 aromatic heterocycles. The van der Waals surface area contributed by atoms with Crippen LogP contribution in [0.5, 0.6) is 11.5 Å². The van der Waals surface area contributed by atoms with Crippen molar-refractivity contribution < 1.29 is 22.6 Å². The molecule has 0 amide bonds. The van der Waals surface area contributed by atoms with Gasteiger partial charge >= 0.3 is 6.36 Å². The number of rotatable bonds is 5. The number of halogens is 3. The first kappa shape index (κ1) is 15.2. The van der Waals surface area contributed by atoms with Crippen molar-refractivity contribution in [3.8, 4) is 11.5 Å². The Hall–Kier alpha value is -2.22. The first-order valence-corrected chi connectivity index (χ1v) is 6.09. The SMILES string of the molecule is Cn1cc(C(CN)Oc2ccccc2OC(F)(F)F)cn1. The molecule has 2 N–H and O–H groups in total. The molecule has 0 spiro atoms. The van der Waals surface area contributed by atoms with E-state index in [1.54, 1.807) is 30.2 Å². The number of ether oxygens (including phenoxy) is 2. The molecule has 0 saturated carbocycles. The van der Waals surface area contributed by atoms with Crippen molar-refractivity contribution in [2.24, 2.45) is 12.8 Å². The van der Waals surface area contributed by atoms with Crippen molar-refractivity contribution in [1.82, 2.24) is 9.78 Å². The highest BCUT2D eigenvalue weighted by Crippen LogP contribution is 2.34. The summed E-state index contributed by atoms with van der Waals surface area (Å²) in [6, 6.07) is 5.55. The van der Waals surface area contributed by atoms with Crippen molar-refractivity contribution in [3.63, 3.8) is 0 Å². The van der Waals surface area contributed by atoms with E-state index in [4.69, 9.17) is 10.5 Å². The second kappa shape index (κ2) is 6.04. The average molecular weight is 301 g/mol. The van der Waals surface area contributed by atoms with Gasteiger partial charge in [0.15, 0.2) is 11.5 Å². The first-order chi connectivity index (χ1) is 9.89. The second-order valence-electron chi connectivity index (χ2n) is 4.28. The molecule has 5 nitrogen and oxygen atoms in total. The van der Waals surface area contributed by atoms with Crippen LogP contribution in [0.1, 0.15) is 11.7 Å². The van der Waals surface area contributed by atoms with Crippen molar-refractivity contribution in [2.45, 2.75) is 12.5 Å². The lowest BCUT2D eigenvalue weighted by molar-refractivity contribution is -0.275. The Morgan fingerprint density at radius 1 is 1.29 bits per heavy atom. The van der Waals surface area contributed by atoms with E-state index in [2.05, 4.69) is 9.84 Å². The lowest BCUT2D eigenvalue weighted by Gasteiger charge is -2.19. The summed E-state index contributed by atoms with van der Waals surface area (Å²) in [6.45, 7) is 0.0893. The zero-order chi connectivity index (χ0) is 15.5. The highest BCUT2D eigenvalue weighted by atomic mass is 19.4.